The molecule has 0 unspecified atom stereocenters. The minimum Gasteiger partial charge on any atom is -0.870 e. The van der Waals surface area contributed by atoms with Crippen molar-refractivity contribution in [2.45, 2.75) is 12.8 Å². The van der Waals surface area contributed by atoms with Crippen LogP contribution in [0.25, 0.3) is 0 Å². The van der Waals surface area contributed by atoms with Gasteiger partial charge in [0.15, 0.2) is 0 Å². The van der Waals surface area contributed by atoms with Gasteiger partial charge in [0, 0.05) is 14.2 Å². The summed E-state index contributed by atoms with van der Waals surface area (Å²) in [6.07, 6.45) is 0.434. The third-order valence-electron chi connectivity index (χ3n) is 1.26. The van der Waals surface area contributed by atoms with Crippen molar-refractivity contribution in [3.63, 3.8) is 0 Å². The predicted octanol–water partition coefficient (Wildman–Crippen LogP) is -2.87. The van der Waals surface area contributed by atoms with Crippen molar-refractivity contribution in [2.24, 2.45) is 0 Å². The second-order valence-corrected chi connectivity index (χ2v) is 2.46. The van der Waals surface area contributed by atoms with Gasteiger partial charge in [-0.25, -0.2) is 0 Å². The van der Waals surface area contributed by atoms with Gasteiger partial charge in [-0.05, 0) is 0 Å². The summed E-state index contributed by atoms with van der Waals surface area (Å²) in [6, 6.07) is 0. The van der Waals surface area contributed by atoms with Gasteiger partial charge in [-0.15, -0.1) is 0 Å². The monoisotopic (exact) mass is 246 g/mol. The van der Waals surface area contributed by atoms with E-state index in [0.717, 1.165) is 0 Å². The Kier molecular flexibility index (Phi) is 30.9. The molecule has 0 aliphatic carbocycles. The molecule has 17 heavy (non-hydrogen) atoms. The minimum atomic E-state index is -0.818. The van der Waals surface area contributed by atoms with Crippen LogP contribution < -0.4 is 18.9 Å². The van der Waals surface area contributed by atoms with Gasteiger partial charge >= 0.3 is 30.8 Å². The first-order valence-corrected chi connectivity index (χ1v) is 4.35. The van der Waals surface area contributed by atoms with Crippen LogP contribution in [0.3, 0.4) is 0 Å². The summed E-state index contributed by atoms with van der Waals surface area (Å²) in [7, 11) is 4.38. The van der Waals surface area contributed by atoms with Crippen molar-refractivity contribution in [3.05, 3.63) is 0 Å². The van der Waals surface area contributed by atoms with E-state index in [0.29, 0.717) is 19.6 Å². The van der Waals surface area contributed by atoms with Crippen molar-refractivity contribution >= 4 is 11.9 Å². The molecule has 98 valence electrons. The smallest absolute Gasteiger partial charge is 0.870 e. The summed E-state index contributed by atoms with van der Waals surface area (Å²) in [4.78, 5) is 19.9. The number of rotatable bonds is 6. The first-order valence-electron chi connectivity index (χ1n) is 4.35. The third kappa shape index (κ3) is 31.3. The second-order valence-electron chi connectivity index (χ2n) is 2.46. The van der Waals surface area contributed by atoms with E-state index < -0.39 is 5.97 Å². The van der Waals surface area contributed by atoms with Gasteiger partial charge in [0.2, 0.25) is 0 Å². The van der Waals surface area contributed by atoms with Crippen molar-refractivity contribution in [1.29, 1.82) is 0 Å². The van der Waals surface area contributed by atoms with Gasteiger partial charge in [-0.3, -0.25) is 9.59 Å². The van der Waals surface area contributed by atoms with Crippen LogP contribution in [0.2, 0.25) is 0 Å². The molecule has 0 fully saturated rings. The minimum absolute atomic E-state index is 0. The Morgan fingerprint density at radius 3 is 1.65 bits per heavy atom. The third-order valence-corrected chi connectivity index (χ3v) is 1.26. The number of hydrogen-bond donors (Lipinski definition) is 1. The number of carboxylic acid groups (broad SMARTS) is 1. The molecular formula is C9H19LiO7. The van der Waals surface area contributed by atoms with Gasteiger partial charge < -0.3 is 24.8 Å². The average molecular weight is 246 g/mol. The number of carbonyl (C=O) groups is 2. The van der Waals surface area contributed by atoms with Gasteiger partial charge in [0.25, 0.3) is 0 Å². The fourth-order valence-electron chi connectivity index (χ4n) is 0.477. The largest absolute Gasteiger partial charge is 1.00 e. The van der Waals surface area contributed by atoms with Crippen LogP contribution in [-0.2, 0) is 23.8 Å². The van der Waals surface area contributed by atoms with Gasteiger partial charge in [-0.2, -0.15) is 0 Å². The molecule has 0 aromatic heterocycles. The fraction of sp³-hybridized carbons (Fsp3) is 0.778. The van der Waals surface area contributed by atoms with Crippen LogP contribution in [-0.4, -0.2) is 57.1 Å². The van der Waals surface area contributed by atoms with Crippen LogP contribution in [0.1, 0.15) is 12.8 Å². The van der Waals surface area contributed by atoms with Crippen LogP contribution >= 0.6 is 0 Å². The quantitative estimate of drug-likeness (QED) is 0.396. The van der Waals surface area contributed by atoms with E-state index in [4.69, 9.17) is 5.11 Å². The Hall–Kier alpha value is -0.583. The summed E-state index contributed by atoms with van der Waals surface area (Å²) >= 11 is 0. The van der Waals surface area contributed by atoms with Crippen molar-refractivity contribution < 1.29 is 53.2 Å². The molecule has 0 amide bonds. The van der Waals surface area contributed by atoms with Crippen LogP contribution in [0.4, 0.5) is 0 Å². The zero-order valence-electron chi connectivity index (χ0n) is 10.8. The van der Waals surface area contributed by atoms with E-state index in [1.54, 1.807) is 7.11 Å². The molecule has 0 rings (SSSR count). The zero-order chi connectivity index (χ0) is 12.1. The molecule has 0 atom stereocenters. The number of ether oxygens (including phenoxy) is 3. The van der Waals surface area contributed by atoms with E-state index in [9.17, 15) is 9.59 Å². The molecule has 0 bridgehead atoms. The van der Waals surface area contributed by atoms with Gasteiger partial charge in [-0.1, -0.05) is 0 Å². The number of hydrogen-bond acceptors (Lipinski definition) is 6. The molecule has 0 saturated carbocycles. The van der Waals surface area contributed by atoms with Gasteiger partial charge in [0.1, 0.15) is 0 Å². The summed E-state index contributed by atoms with van der Waals surface area (Å²) in [6.45, 7) is 0.738. The fourth-order valence-corrected chi connectivity index (χ4v) is 0.477. The number of esters is 1. The van der Waals surface area contributed by atoms with Crippen LogP contribution in [0, 0.1) is 0 Å². The van der Waals surface area contributed by atoms with E-state index in [1.807, 2.05) is 0 Å². The molecule has 0 aliphatic rings. The predicted molar refractivity (Wildman–Crippen MR) is 54.6 cm³/mol. The standard InChI is InChI=1S/C5H10O3.C4H8O3.Li.H2O/c1-7-4-3-5(6)8-2;1-7-3-2-4(5)6;;/h3-4H2,1-2H3;2-3H2,1H3,(H,5,6);;1H2/q;;+1;/p-1. The van der Waals surface area contributed by atoms with E-state index >= 15 is 0 Å². The zero-order valence-corrected chi connectivity index (χ0v) is 10.8. The Bertz CT molecular complexity index is 175. The molecule has 2 N–H and O–H groups in total. The second kappa shape index (κ2) is 20.8. The maximum Gasteiger partial charge on any atom is 1.00 e. The molecule has 0 aliphatic heterocycles. The maximum atomic E-state index is 10.3. The molecule has 8 heteroatoms. The topological polar surface area (TPSA) is 112 Å². The van der Waals surface area contributed by atoms with E-state index in [-0.39, 0.29) is 36.7 Å². The first-order chi connectivity index (χ1) is 7.08. The maximum absolute atomic E-state index is 10.3. The Morgan fingerprint density at radius 1 is 1.00 bits per heavy atom. The van der Waals surface area contributed by atoms with E-state index in [1.165, 1.54) is 14.2 Å². The van der Waals surface area contributed by atoms with Crippen molar-refractivity contribution in [1.82, 2.24) is 0 Å². The molecule has 0 radical (unpaired) electrons. The van der Waals surface area contributed by atoms with E-state index in [2.05, 4.69) is 14.2 Å². The number of aliphatic carboxylic acids is 1. The molecule has 0 spiro atoms. The van der Waals surface area contributed by atoms with Crippen molar-refractivity contribution in [2.75, 3.05) is 34.5 Å². The Balaban J connectivity index is -0.0000000896. The summed E-state index contributed by atoms with van der Waals surface area (Å²) < 4.78 is 13.4. The first kappa shape index (κ1) is 25.3. The summed E-state index contributed by atoms with van der Waals surface area (Å²) in [5.41, 5.74) is 0. The number of carboxylic acids is 1. The normalized spacial score (nSPS) is 7.71. The van der Waals surface area contributed by atoms with Crippen LogP contribution in [0.5, 0.6) is 0 Å². The molecule has 7 nitrogen and oxygen atoms in total. The summed E-state index contributed by atoms with van der Waals surface area (Å²) in [5, 5.41) is 7.96. The SMILES string of the molecule is COCCC(=O)O.COCCC(=O)OC.[Li+].[OH-]. The average Bonchev–Trinajstić information content (AvgIpc) is 2.23. The molecule has 0 heterocycles. The number of methoxy groups -OCH3 is 3. The number of carbonyl (C=O) groups excluding carboxylic acids is 1. The molecular weight excluding hydrogens is 227 g/mol. The Morgan fingerprint density at radius 2 is 1.41 bits per heavy atom. The summed E-state index contributed by atoms with van der Waals surface area (Å²) in [5.74, 6) is -1.05. The Labute approximate surface area is 113 Å². The van der Waals surface area contributed by atoms with Crippen LogP contribution in [0.15, 0.2) is 0 Å². The van der Waals surface area contributed by atoms with Crippen molar-refractivity contribution in [3.8, 4) is 0 Å². The molecule has 0 aromatic carbocycles. The molecule has 0 saturated heterocycles. The van der Waals surface area contributed by atoms with Gasteiger partial charge in [0.05, 0.1) is 33.2 Å². The molecule has 0 aromatic rings.